The molecule has 1 aromatic carbocycles. The lowest BCUT2D eigenvalue weighted by molar-refractivity contribution is 0.466. The molecule has 18 heavy (non-hydrogen) atoms. The van der Waals surface area contributed by atoms with Crippen LogP contribution < -0.4 is 5.63 Å². The summed E-state index contributed by atoms with van der Waals surface area (Å²) in [4.78, 5) is 16.1. The monoisotopic (exact) mass is 245 g/mol. The molecule has 0 saturated heterocycles. The van der Waals surface area contributed by atoms with Crippen LogP contribution in [0, 0.1) is 0 Å². The van der Waals surface area contributed by atoms with E-state index in [4.69, 9.17) is 4.42 Å². The van der Waals surface area contributed by atoms with Gasteiger partial charge in [0.2, 0.25) is 0 Å². The first-order chi connectivity index (χ1) is 8.50. The molecule has 0 radical (unpaired) electrons. The van der Waals surface area contributed by atoms with Gasteiger partial charge in [0, 0.05) is 6.04 Å². The summed E-state index contributed by atoms with van der Waals surface area (Å²) < 4.78 is 5.18. The summed E-state index contributed by atoms with van der Waals surface area (Å²) >= 11 is 0. The molecule has 4 nitrogen and oxygen atoms in total. The first-order valence-corrected chi connectivity index (χ1v) is 5.80. The van der Waals surface area contributed by atoms with E-state index in [-0.39, 0.29) is 17.4 Å². The topological polar surface area (TPSA) is 62.8 Å². The molecule has 0 fully saturated rings. The Kier molecular flexibility index (Phi) is 3.19. The van der Waals surface area contributed by atoms with Crippen molar-refractivity contribution < 1.29 is 9.52 Å². The maximum Gasteiger partial charge on any atom is 0.349 e. The molecule has 0 amide bonds. The molecule has 4 heteroatoms. The Hall–Kier alpha value is -2.10. The van der Waals surface area contributed by atoms with Gasteiger partial charge in [-0.25, -0.2) is 4.79 Å². The van der Waals surface area contributed by atoms with E-state index in [2.05, 4.69) is 4.99 Å². The second-order valence-corrected chi connectivity index (χ2v) is 4.42. The normalized spacial score (nSPS) is 12.3. The lowest BCUT2D eigenvalue weighted by Crippen LogP contribution is -2.14. The molecule has 0 unspecified atom stereocenters. The van der Waals surface area contributed by atoms with Crippen molar-refractivity contribution in [2.24, 2.45) is 4.99 Å². The van der Waals surface area contributed by atoms with Crippen LogP contribution in [0.15, 0.2) is 38.5 Å². The van der Waals surface area contributed by atoms with Crippen LogP contribution in [0.4, 0.5) is 0 Å². The van der Waals surface area contributed by atoms with Crippen molar-refractivity contribution in [2.75, 3.05) is 0 Å². The molecule has 1 aromatic heterocycles. The number of hydrogen-bond donors (Lipinski definition) is 1. The molecule has 0 atom stereocenters. The first-order valence-electron chi connectivity index (χ1n) is 5.80. The molecule has 0 spiro atoms. The van der Waals surface area contributed by atoms with Gasteiger partial charge in [0.05, 0.1) is 11.1 Å². The second-order valence-electron chi connectivity index (χ2n) is 4.42. The number of para-hydroxylation sites is 1. The molecule has 0 bridgehead atoms. The molecule has 0 aliphatic carbocycles. The zero-order valence-electron chi connectivity index (χ0n) is 10.6. The van der Waals surface area contributed by atoms with Gasteiger partial charge in [0.1, 0.15) is 16.9 Å². The van der Waals surface area contributed by atoms with Crippen LogP contribution in [0.2, 0.25) is 0 Å². The average molecular weight is 245 g/mol. The SMILES string of the molecule is CC(=NC(C)C)c1c(O)c2ccccc2oc1=O. The number of rotatable bonds is 2. The Bertz CT molecular complexity index is 668. The molecule has 2 aromatic rings. The van der Waals surface area contributed by atoms with Crippen molar-refractivity contribution >= 4 is 16.7 Å². The third kappa shape index (κ3) is 2.14. The van der Waals surface area contributed by atoms with Crippen LogP contribution in [-0.4, -0.2) is 16.9 Å². The van der Waals surface area contributed by atoms with E-state index in [1.165, 1.54) is 0 Å². The molecule has 1 heterocycles. The predicted molar refractivity (Wildman–Crippen MR) is 71.5 cm³/mol. The Labute approximate surface area is 105 Å². The molecule has 0 aliphatic rings. The third-order valence-electron chi connectivity index (χ3n) is 2.60. The van der Waals surface area contributed by atoms with Crippen LogP contribution in [0.5, 0.6) is 5.75 Å². The Balaban J connectivity index is 2.76. The van der Waals surface area contributed by atoms with Gasteiger partial charge in [-0.2, -0.15) is 0 Å². The molecule has 0 aliphatic heterocycles. The Morgan fingerprint density at radius 2 is 2.00 bits per heavy atom. The van der Waals surface area contributed by atoms with Gasteiger partial charge < -0.3 is 9.52 Å². The summed E-state index contributed by atoms with van der Waals surface area (Å²) in [5, 5.41) is 10.7. The van der Waals surface area contributed by atoms with Crippen LogP contribution in [-0.2, 0) is 0 Å². The smallest absolute Gasteiger partial charge is 0.349 e. The van der Waals surface area contributed by atoms with Crippen LogP contribution in [0.3, 0.4) is 0 Å². The van der Waals surface area contributed by atoms with Crippen LogP contribution in [0.25, 0.3) is 11.0 Å². The third-order valence-corrected chi connectivity index (χ3v) is 2.60. The van der Waals surface area contributed by atoms with Crippen molar-refractivity contribution in [3.8, 4) is 5.75 Å². The Morgan fingerprint density at radius 1 is 1.33 bits per heavy atom. The van der Waals surface area contributed by atoms with E-state index >= 15 is 0 Å². The Morgan fingerprint density at radius 3 is 2.67 bits per heavy atom. The summed E-state index contributed by atoms with van der Waals surface area (Å²) in [6, 6.07) is 6.94. The number of fused-ring (bicyclic) bond motifs is 1. The molecule has 2 rings (SSSR count). The van der Waals surface area contributed by atoms with Crippen molar-refractivity contribution in [3.05, 3.63) is 40.2 Å². The highest BCUT2D eigenvalue weighted by Crippen LogP contribution is 2.26. The number of hydrogen-bond acceptors (Lipinski definition) is 4. The number of benzene rings is 1. The van der Waals surface area contributed by atoms with E-state index in [1.807, 2.05) is 13.8 Å². The molecular weight excluding hydrogens is 230 g/mol. The standard InChI is InChI=1S/C14H15NO3/c1-8(2)15-9(3)12-13(16)10-6-4-5-7-11(10)18-14(12)17/h4-8,16H,1-3H3. The number of aromatic hydroxyl groups is 1. The summed E-state index contributed by atoms with van der Waals surface area (Å²) in [7, 11) is 0. The van der Waals surface area contributed by atoms with Gasteiger partial charge in [0.25, 0.3) is 0 Å². The molecule has 94 valence electrons. The molecular formula is C14H15NO3. The van der Waals surface area contributed by atoms with Crippen molar-refractivity contribution in [1.29, 1.82) is 0 Å². The molecule has 1 N–H and O–H groups in total. The fourth-order valence-corrected chi connectivity index (χ4v) is 1.90. The van der Waals surface area contributed by atoms with Gasteiger partial charge in [-0.15, -0.1) is 0 Å². The van der Waals surface area contributed by atoms with Crippen molar-refractivity contribution in [1.82, 2.24) is 0 Å². The summed E-state index contributed by atoms with van der Waals surface area (Å²) in [6.07, 6.45) is 0. The lowest BCUT2D eigenvalue weighted by atomic mass is 10.1. The summed E-state index contributed by atoms with van der Waals surface area (Å²) in [5.74, 6) is -0.0660. The second kappa shape index (κ2) is 4.64. The van der Waals surface area contributed by atoms with Gasteiger partial charge in [-0.1, -0.05) is 12.1 Å². The lowest BCUT2D eigenvalue weighted by Gasteiger charge is -2.07. The zero-order chi connectivity index (χ0) is 13.3. The highest BCUT2D eigenvalue weighted by Gasteiger charge is 2.16. The van der Waals surface area contributed by atoms with Gasteiger partial charge >= 0.3 is 5.63 Å². The maximum atomic E-state index is 11.9. The first kappa shape index (κ1) is 12.4. The maximum absolute atomic E-state index is 11.9. The van der Waals surface area contributed by atoms with E-state index in [1.54, 1.807) is 31.2 Å². The van der Waals surface area contributed by atoms with E-state index in [0.29, 0.717) is 16.7 Å². The molecule has 0 saturated carbocycles. The van der Waals surface area contributed by atoms with E-state index < -0.39 is 5.63 Å². The fraction of sp³-hybridized carbons (Fsp3) is 0.286. The summed E-state index contributed by atoms with van der Waals surface area (Å²) in [5.41, 5.74) is 0.443. The van der Waals surface area contributed by atoms with Gasteiger partial charge in [-0.3, -0.25) is 4.99 Å². The minimum absolute atomic E-state index is 0.0512. The van der Waals surface area contributed by atoms with Gasteiger partial charge in [-0.05, 0) is 32.9 Å². The largest absolute Gasteiger partial charge is 0.506 e. The number of aliphatic imine (C=N–C) groups is 1. The van der Waals surface area contributed by atoms with E-state index in [9.17, 15) is 9.90 Å². The van der Waals surface area contributed by atoms with Crippen molar-refractivity contribution in [2.45, 2.75) is 26.8 Å². The van der Waals surface area contributed by atoms with Gasteiger partial charge in [0.15, 0.2) is 0 Å². The fourth-order valence-electron chi connectivity index (χ4n) is 1.90. The quantitative estimate of drug-likeness (QED) is 0.653. The van der Waals surface area contributed by atoms with Crippen LogP contribution in [0.1, 0.15) is 26.3 Å². The number of nitrogens with zero attached hydrogens (tertiary/aromatic N) is 1. The highest BCUT2D eigenvalue weighted by atomic mass is 16.4. The zero-order valence-corrected chi connectivity index (χ0v) is 10.6. The summed E-state index contributed by atoms with van der Waals surface area (Å²) in [6.45, 7) is 5.51. The van der Waals surface area contributed by atoms with Crippen LogP contribution >= 0.6 is 0 Å². The van der Waals surface area contributed by atoms with E-state index in [0.717, 1.165) is 0 Å². The minimum Gasteiger partial charge on any atom is -0.506 e. The predicted octanol–water partition coefficient (Wildman–Crippen LogP) is 2.72. The minimum atomic E-state index is -0.562. The highest BCUT2D eigenvalue weighted by molar-refractivity contribution is 6.04. The average Bonchev–Trinajstić information content (AvgIpc) is 2.27. The van der Waals surface area contributed by atoms with Crippen molar-refractivity contribution in [3.63, 3.8) is 0 Å².